The predicted molar refractivity (Wildman–Crippen MR) is 75.6 cm³/mol. The van der Waals surface area contributed by atoms with Crippen LogP contribution in [0.1, 0.15) is 21.7 Å². The van der Waals surface area contributed by atoms with Crippen LogP contribution in [-0.4, -0.2) is 60.0 Å². The monoisotopic (exact) mass is 295 g/mol. The summed E-state index contributed by atoms with van der Waals surface area (Å²) in [6, 6.07) is 1.76. The molecule has 20 heavy (non-hydrogen) atoms. The Kier molecular flexibility index (Phi) is 5.56. The summed E-state index contributed by atoms with van der Waals surface area (Å²) in [7, 11) is 0. The molecule has 0 bridgehead atoms. The van der Waals surface area contributed by atoms with E-state index in [-0.39, 0.29) is 25.2 Å². The van der Waals surface area contributed by atoms with Gasteiger partial charge in [0, 0.05) is 24.9 Å². The number of nitrogens with zero attached hydrogens (tertiary/aromatic N) is 1. The second-order valence-corrected chi connectivity index (χ2v) is 5.31. The Morgan fingerprint density at radius 3 is 3.15 bits per heavy atom. The molecule has 108 valence electrons. The largest absolute Gasteiger partial charge is 0.395 e. The topological polar surface area (TPSA) is 70.0 Å². The summed E-state index contributed by atoms with van der Waals surface area (Å²) in [6.45, 7) is 1.36. The highest BCUT2D eigenvalue weighted by Gasteiger charge is 2.24. The summed E-state index contributed by atoms with van der Waals surface area (Å²) < 4.78 is 5.33. The number of hydrogen-bond donors (Lipinski definition) is 2. The summed E-state index contributed by atoms with van der Waals surface area (Å²) >= 11 is 1.42. The second kappa shape index (κ2) is 7.41. The Morgan fingerprint density at radius 2 is 2.40 bits per heavy atom. The molecule has 1 aromatic heterocycles. The van der Waals surface area contributed by atoms with E-state index in [1.54, 1.807) is 16.3 Å². The lowest BCUT2D eigenvalue weighted by Crippen LogP contribution is -2.46. The fraction of sp³-hybridized carbons (Fsp3) is 0.500. The molecule has 1 aliphatic rings. The highest BCUT2D eigenvalue weighted by molar-refractivity contribution is 7.10. The minimum absolute atomic E-state index is 0.0422. The van der Waals surface area contributed by atoms with E-state index in [9.17, 15) is 4.79 Å². The Labute approximate surface area is 121 Å². The van der Waals surface area contributed by atoms with Gasteiger partial charge in [-0.25, -0.2) is 0 Å². The Balaban J connectivity index is 2.01. The van der Waals surface area contributed by atoms with Gasteiger partial charge in [-0.1, -0.05) is 11.8 Å². The zero-order chi connectivity index (χ0) is 14.4. The number of aliphatic hydroxyl groups excluding tert-OH is 2. The van der Waals surface area contributed by atoms with Crippen molar-refractivity contribution in [2.75, 3.05) is 32.9 Å². The molecule has 0 radical (unpaired) electrons. The van der Waals surface area contributed by atoms with Gasteiger partial charge in [-0.05, 0) is 6.07 Å². The Hall–Kier alpha value is -1.39. The van der Waals surface area contributed by atoms with Crippen molar-refractivity contribution in [2.24, 2.45) is 0 Å². The molecule has 2 N–H and O–H groups in total. The molecular formula is C14H17NO4S. The minimum Gasteiger partial charge on any atom is -0.395 e. The molecule has 1 saturated heterocycles. The van der Waals surface area contributed by atoms with Crippen molar-refractivity contribution < 1.29 is 19.7 Å². The zero-order valence-electron chi connectivity index (χ0n) is 11.0. The van der Waals surface area contributed by atoms with Crippen molar-refractivity contribution in [2.45, 2.75) is 12.5 Å². The third-order valence-corrected chi connectivity index (χ3v) is 3.77. The maximum absolute atomic E-state index is 12.3. The van der Waals surface area contributed by atoms with E-state index in [0.29, 0.717) is 31.7 Å². The molecule has 1 fully saturated rings. The van der Waals surface area contributed by atoms with Gasteiger partial charge in [-0.15, -0.1) is 11.3 Å². The van der Waals surface area contributed by atoms with Gasteiger partial charge in [0.15, 0.2) is 0 Å². The van der Waals surface area contributed by atoms with Crippen LogP contribution in [0, 0.1) is 11.8 Å². The van der Waals surface area contributed by atoms with Gasteiger partial charge in [0.1, 0.15) is 0 Å². The number of morpholine rings is 1. The lowest BCUT2D eigenvalue weighted by atomic mass is 10.2. The minimum atomic E-state index is -0.296. The van der Waals surface area contributed by atoms with Crippen molar-refractivity contribution in [1.29, 1.82) is 0 Å². The normalized spacial score (nSPS) is 18.5. The summed E-state index contributed by atoms with van der Waals surface area (Å²) in [5, 5.41) is 19.5. The van der Waals surface area contributed by atoms with Crippen LogP contribution < -0.4 is 0 Å². The molecule has 0 aromatic carbocycles. The van der Waals surface area contributed by atoms with Gasteiger partial charge >= 0.3 is 0 Å². The number of carbonyl (C=O) groups excluding carboxylic acids is 1. The highest BCUT2D eigenvalue weighted by atomic mass is 32.1. The molecule has 2 rings (SSSR count). The van der Waals surface area contributed by atoms with Crippen molar-refractivity contribution in [1.82, 2.24) is 4.90 Å². The molecule has 6 heteroatoms. The van der Waals surface area contributed by atoms with Gasteiger partial charge in [-0.3, -0.25) is 4.79 Å². The van der Waals surface area contributed by atoms with Crippen LogP contribution in [0.4, 0.5) is 0 Å². The summed E-state index contributed by atoms with van der Waals surface area (Å²) in [5.74, 6) is 5.69. The number of hydrogen-bond acceptors (Lipinski definition) is 5. The molecule has 1 amide bonds. The van der Waals surface area contributed by atoms with E-state index in [2.05, 4.69) is 11.8 Å². The molecule has 1 aromatic rings. The van der Waals surface area contributed by atoms with Crippen molar-refractivity contribution in [3.63, 3.8) is 0 Å². The third-order valence-electron chi connectivity index (χ3n) is 2.92. The van der Waals surface area contributed by atoms with Crippen LogP contribution in [0.3, 0.4) is 0 Å². The van der Waals surface area contributed by atoms with Crippen LogP contribution in [0.2, 0.25) is 0 Å². The smallest absolute Gasteiger partial charge is 0.254 e. The third kappa shape index (κ3) is 3.81. The number of amides is 1. The summed E-state index contributed by atoms with van der Waals surface area (Å²) in [4.78, 5) is 14.8. The first kappa shape index (κ1) is 15.0. The Morgan fingerprint density at radius 1 is 1.55 bits per heavy atom. The number of thiophene rings is 1. The number of carbonyl (C=O) groups is 1. The van der Waals surface area contributed by atoms with Crippen LogP contribution in [-0.2, 0) is 4.74 Å². The standard InChI is InChI=1S/C14H17NO4S/c16-5-2-1-3-13-7-11(10-20-13)14(18)15-4-6-19-12(8-15)9-17/h7,10,12,16-17H,2,4-6,8-9H2. The molecular weight excluding hydrogens is 278 g/mol. The van der Waals surface area contributed by atoms with Gasteiger partial charge in [-0.2, -0.15) is 0 Å². The van der Waals surface area contributed by atoms with Gasteiger partial charge in [0.05, 0.1) is 36.4 Å². The zero-order valence-corrected chi connectivity index (χ0v) is 11.9. The van der Waals surface area contributed by atoms with Crippen molar-refractivity contribution >= 4 is 17.2 Å². The van der Waals surface area contributed by atoms with Crippen molar-refractivity contribution in [3.05, 3.63) is 21.9 Å². The van der Waals surface area contributed by atoms with Gasteiger partial charge in [0.2, 0.25) is 0 Å². The highest BCUT2D eigenvalue weighted by Crippen LogP contribution is 2.17. The lowest BCUT2D eigenvalue weighted by molar-refractivity contribution is -0.0447. The molecule has 0 aliphatic carbocycles. The van der Waals surface area contributed by atoms with E-state index in [4.69, 9.17) is 14.9 Å². The first-order valence-electron chi connectivity index (χ1n) is 6.44. The van der Waals surface area contributed by atoms with Crippen LogP contribution in [0.25, 0.3) is 0 Å². The fourth-order valence-electron chi connectivity index (χ4n) is 1.92. The summed E-state index contributed by atoms with van der Waals surface area (Å²) in [5.41, 5.74) is 0.613. The van der Waals surface area contributed by atoms with E-state index in [1.165, 1.54) is 11.3 Å². The van der Waals surface area contributed by atoms with Gasteiger partial charge < -0.3 is 19.8 Å². The SMILES string of the molecule is O=C(c1csc(C#CCCO)c1)N1CCOC(CO)C1. The maximum atomic E-state index is 12.3. The van der Waals surface area contributed by atoms with Crippen LogP contribution >= 0.6 is 11.3 Å². The Bertz CT molecular complexity index is 517. The number of aliphatic hydroxyl groups is 2. The quantitative estimate of drug-likeness (QED) is 0.788. The maximum Gasteiger partial charge on any atom is 0.254 e. The molecule has 5 nitrogen and oxygen atoms in total. The van der Waals surface area contributed by atoms with Crippen LogP contribution in [0.5, 0.6) is 0 Å². The molecule has 0 saturated carbocycles. The van der Waals surface area contributed by atoms with E-state index >= 15 is 0 Å². The summed E-state index contributed by atoms with van der Waals surface area (Å²) in [6.07, 6.45) is 0.137. The molecule has 0 spiro atoms. The van der Waals surface area contributed by atoms with E-state index < -0.39 is 0 Å². The number of rotatable bonds is 3. The molecule has 1 atom stereocenters. The predicted octanol–water partition coefficient (Wildman–Crippen LogP) is 0.315. The van der Waals surface area contributed by atoms with E-state index in [0.717, 1.165) is 4.88 Å². The van der Waals surface area contributed by atoms with Crippen LogP contribution in [0.15, 0.2) is 11.4 Å². The average molecular weight is 295 g/mol. The van der Waals surface area contributed by atoms with Crippen molar-refractivity contribution in [3.8, 4) is 11.8 Å². The average Bonchev–Trinajstić information content (AvgIpc) is 2.95. The molecule has 1 unspecified atom stereocenters. The fourth-order valence-corrected chi connectivity index (χ4v) is 2.67. The number of ether oxygens (including phenoxy) is 1. The second-order valence-electron chi connectivity index (χ2n) is 4.40. The lowest BCUT2D eigenvalue weighted by Gasteiger charge is -2.31. The molecule has 1 aliphatic heterocycles. The van der Waals surface area contributed by atoms with Gasteiger partial charge in [0.25, 0.3) is 5.91 Å². The van der Waals surface area contributed by atoms with E-state index in [1.807, 2.05) is 0 Å². The first-order valence-corrected chi connectivity index (χ1v) is 7.32. The first-order chi connectivity index (χ1) is 9.74. The molecule has 2 heterocycles.